The van der Waals surface area contributed by atoms with Gasteiger partial charge in [-0.05, 0) is 96.3 Å². The van der Waals surface area contributed by atoms with E-state index in [1.54, 1.807) is 0 Å². The Morgan fingerprint density at radius 3 is 0.675 bits per heavy atom. The van der Waals surface area contributed by atoms with Gasteiger partial charge in [0.25, 0.3) is 0 Å². The van der Waals surface area contributed by atoms with E-state index >= 15 is 0 Å². The van der Waals surface area contributed by atoms with E-state index in [4.69, 9.17) is 14.2 Å². The number of unbranched alkanes of at least 4 members (excludes halogenated alkanes) is 47. The van der Waals surface area contributed by atoms with Crippen LogP contribution in [0.2, 0.25) is 0 Å². The van der Waals surface area contributed by atoms with Gasteiger partial charge in [-0.3, -0.25) is 14.4 Å². The molecule has 77 heavy (non-hydrogen) atoms. The molecule has 0 aromatic rings. The topological polar surface area (TPSA) is 78.9 Å². The summed E-state index contributed by atoms with van der Waals surface area (Å²) in [4.78, 5) is 38.3. The number of esters is 3. The van der Waals surface area contributed by atoms with E-state index in [0.29, 0.717) is 19.3 Å². The van der Waals surface area contributed by atoms with Crippen LogP contribution in [0.25, 0.3) is 0 Å². The zero-order valence-corrected chi connectivity index (χ0v) is 52.0. The third-order valence-electron chi connectivity index (χ3n) is 15.6. The largest absolute Gasteiger partial charge is 0.462 e. The SMILES string of the molecule is CCCCC/C=C\CCCCCCCC(=O)OCC(COC(=O)CCCCCCCCCCCCCCCCCCCCC/C=C\CCCCCCCCCC)OC(=O)CCCCCCC/C=C\CCCCCCCCC. The van der Waals surface area contributed by atoms with Crippen molar-refractivity contribution in [1.82, 2.24) is 0 Å². The molecular weight excluding hydrogens is 949 g/mol. The Labute approximate surface area is 480 Å². The fourth-order valence-corrected chi connectivity index (χ4v) is 10.4. The molecule has 6 heteroatoms. The van der Waals surface area contributed by atoms with E-state index < -0.39 is 6.10 Å². The highest BCUT2D eigenvalue weighted by Crippen LogP contribution is 2.18. The molecule has 452 valence electrons. The summed E-state index contributed by atoms with van der Waals surface area (Å²) in [5.41, 5.74) is 0. The van der Waals surface area contributed by atoms with Crippen LogP contribution < -0.4 is 0 Å². The lowest BCUT2D eigenvalue weighted by molar-refractivity contribution is -0.167. The molecule has 0 bridgehead atoms. The molecule has 6 nitrogen and oxygen atoms in total. The number of hydrogen-bond acceptors (Lipinski definition) is 6. The molecule has 0 fully saturated rings. The van der Waals surface area contributed by atoms with Crippen LogP contribution in [0.15, 0.2) is 36.5 Å². The summed E-state index contributed by atoms with van der Waals surface area (Å²) in [5.74, 6) is -0.869. The summed E-state index contributed by atoms with van der Waals surface area (Å²) in [6.07, 6.45) is 81.8. The Morgan fingerprint density at radius 2 is 0.429 bits per heavy atom. The molecule has 0 aliphatic rings. The quantitative estimate of drug-likeness (QED) is 0.0261. The van der Waals surface area contributed by atoms with Gasteiger partial charge >= 0.3 is 17.9 Å². The van der Waals surface area contributed by atoms with E-state index in [1.807, 2.05) is 0 Å². The van der Waals surface area contributed by atoms with Crippen LogP contribution >= 0.6 is 0 Å². The molecule has 0 heterocycles. The number of carbonyl (C=O) groups excluding carboxylic acids is 3. The van der Waals surface area contributed by atoms with Crippen LogP contribution in [0.1, 0.15) is 380 Å². The molecule has 0 N–H and O–H groups in total. The van der Waals surface area contributed by atoms with Gasteiger partial charge in [-0.25, -0.2) is 0 Å². The van der Waals surface area contributed by atoms with Gasteiger partial charge in [0.2, 0.25) is 0 Å². The van der Waals surface area contributed by atoms with Crippen LogP contribution in [0.4, 0.5) is 0 Å². The Bertz CT molecular complexity index is 1290. The molecule has 0 aliphatic carbocycles. The molecule has 0 saturated heterocycles. The van der Waals surface area contributed by atoms with Gasteiger partial charge in [0.1, 0.15) is 13.2 Å². The normalized spacial score (nSPS) is 12.2. The van der Waals surface area contributed by atoms with Gasteiger partial charge in [0, 0.05) is 19.3 Å². The van der Waals surface area contributed by atoms with E-state index in [9.17, 15) is 14.4 Å². The maximum absolute atomic E-state index is 12.9. The van der Waals surface area contributed by atoms with Crippen LogP contribution in [0.3, 0.4) is 0 Å². The fourth-order valence-electron chi connectivity index (χ4n) is 10.4. The van der Waals surface area contributed by atoms with Crippen molar-refractivity contribution >= 4 is 17.9 Å². The molecule has 0 aliphatic heterocycles. The predicted octanol–water partition coefficient (Wildman–Crippen LogP) is 23.6. The Morgan fingerprint density at radius 1 is 0.247 bits per heavy atom. The van der Waals surface area contributed by atoms with Gasteiger partial charge < -0.3 is 14.2 Å². The highest BCUT2D eigenvalue weighted by atomic mass is 16.6. The number of rotatable bonds is 64. The summed E-state index contributed by atoms with van der Waals surface area (Å²) < 4.78 is 16.9. The molecule has 1 atom stereocenters. The van der Waals surface area contributed by atoms with Crippen molar-refractivity contribution in [2.75, 3.05) is 13.2 Å². The van der Waals surface area contributed by atoms with Crippen molar-refractivity contribution in [1.29, 1.82) is 0 Å². The molecule has 0 aromatic carbocycles. The first-order valence-corrected chi connectivity index (χ1v) is 34.5. The first-order chi connectivity index (χ1) is 38.0. The average Bonchev–Trinajstić information content (AvgIpc) is 3.43. The minimum atomic E-state index is -0.778. The molecule has 0 spiro atoms. The molecule has 0 radical (unpaired) electrons. The second-order valence-corrected chi connectivity index (χ2v) is 23.4. The maximum Gasteiger partial charge on any atom is 0.306 e. The number of carbonyl (C=O) groups is 3. The van der Waals surface area contributed by atoms with Gasteiger partial charge in [0.15, 0.2) is 6.10 Å². The molecule has 0 saturated carbocycles. The van der Waals surface area contributed by atoms with Crippen LogP contribution in [0.5, 0.6) is 0 Å². The van der Waals surface area contributed by atoms with Crippen molar-refractivity contribution in [3.05, 3.63) is 36.5 Å². The molecular formula is C71H132O6. The average molecular weight is 1080 g/mol. The van der Waals surface area contributed by atoms with Gasteiger partial charge in [-0.1, -0.05) is 301 Å². The van der Waals surface area contributed by atoms with Crippen molar-refractivity contribution < 1.29 is 28.6 Å². The summed E-state index contributed by atoms with van der Waals surface area (Å²) in [6, 6.07) is 0. The van der Waals surface area contributed by atoms with Crippen molar-refractivity contribution in [2.45, 2.75) is 386 Å². The molecule has 0 amide bonds. The fraction of sp³-hybridized carbons (Fsp3) is 0.873. The first-order valence-electron chi connectivity index (χ1n) is 34.5. The van der Waals surface area contributed by atoms with E-state index in [-0.39, 0.29) is 31.1 Å². The predicted molar refractivity (Wildman–Crippen MR) is 335 cm³/mol. The van der Waals surface area contributed by atoms with E-state index in [0.717, 1.165) is 70.6 Å². The van der Waals surface area contributed by atoms with Crippen molar-refractivity contribution in [3.8, 4) is 0 Å². The summed E-state index contributed by atoms with van der Waals surface area (Å²) in [7, 11) is 0. The maximum atomic E-state index is 12.9. The van der Waals surface area contributed by atoms with Gasteiger partial charge in [-0.2, -0.15) is 0 Å². The van der Waals surface area contributed by atoms with Gasteiger partial charge in [0.05, 0.1) is 0 Å². The first kappa shape index (κ1) is 74.6. The van der Waals surface area contributed by atoms with Crippen LogP contribution in [0, 0.1) is 0 Å². The summed E-state index contributed by atoms with van der Waals surface area (Å²) >= 11 is 0. The van der Waals surface area contributed by atoms with Crippen LogP contribution in [-0.2, 0) is 28.6 Å². The Kier molecular flexibility index (Phi) is 64.1. The molecule has 0 rings (SSSR count). The number of ether oxygens (including phenoxy) is 3. The summed E-state index contributed by atoms with van der Waals surface area (Å²) in [5, 5.41) is 0. The number of hydrogen-bond donors (Lipinski definition) is 0. The third kappa shape index (κ3) is 64.3. The van der Waals surface area contributed by atoms with E-state index in [1.165, 1.54) is 270 Å². The van der Waals surface area contributed by atoms with Crippen LogP contribution in [-0.4, -0.2) is 37.2 Å². The van der Waals surface area contributed by atoms with Crippen molar-refractivity contribution in [2.24, 2.45) is 0 Å². The highest BCUT2D eigenvalue weighted by Gasteiger charge is 2.19. The van der Waals surface area contributed by atoms with E-state index in [2.05, 4.69) is 57.2 Å². The Hall–Kier alpha value is -2.37. The number of allylic oxidation sites excluding steroid dienone is 6. The zero-order chi connectivity index (χ0) is 55.7. The summed E-state index contributed by atoms with van der Waals surface area (Å²) in [6.45, 7) is 6.66. The Balaban J connectivity index is 4.12. The monoisotopic (exact) mass is 1080 g/mol. The molecule has 1 unspecified atom stereocenters. The lowest BCUT2D eigenvalue weighted by atomic mass is 10.0. The lowest BCUT2D eigenvalue weighted by Crippen LogP contribution is -2.30. The second kappa shape index (κ2) is 66.1. The zero-order valence-electron chi connectivity index (χ0n) is 52.0. The standard InChI is InChI=1S/C71H132O6/c1-4-7-10-13-16-19-22-25-27-29-30-31-32-33-34-35-36-37-38-39-40-41-42-43-45-46-49-52-55-58-61-64-70(73)76-67-68(66-75-69(72)63-60-57-54-51-48-24-21-18-15-12-9-6-3)77-71(74)65-62-59-56-53-50-47-44-28-26-23-20-17-14-11-8-5-2/h18,21,28-30,44,68H,4-17,19-20,22-27,31-43,45-67H2,1-3H3/b21-18-,30-29-,44-28-. The molecule has 0 aromatic heterocycles. The third-order valence-corrected chi connectivity index (χ3v) is 15.6. The highest BCUT2D eigenvalue weighted by molar-refractivity contribution is 5.71. The lowest BCUT2D eigenvalue weighted by Gasteiger charge is -2.18. The second-order valence-electron chi connectivity index (χ2n) is 23.4. The smallest absolute Gasteiger partial charge is 0.306 e. The minimum Gasteiger partial charge on any atom is -0.462 e. The minimum absolute atomic E-state index is 0.0740. The van der Waals surface area contributed by atoms with Gasteiger partial charge in [-0.15, -0.1) is 0 Å². The van der Waals surface area contributed by atoms with Crippen molar-refractivity contribution in [3.63, 3.8) is 0 Å².